The van der Waals surface area contributed by atoms with Crippen molar-refractivity contribution in [3.8, 4) is 5.69 Å². The fourth-order valence-electron chi connectivity index (χ4n) is 2.98. The molecule has 0 fully saturated rings. The molecule has 0 radical (unpaired) electrons. The van der Waals surface area contributed by atoms with E-state index in [2.05, 4.69) is 15.6 Å². The Morgan fingerprint density at radius 1 is 0.893 bits per heavy atom. The molecule has 0 atom stereocenters. The number of benzene rings is 3. The molecule has 0 spiro atoms. The second-order valence-electron chi connectivity index (χ2n) is 6.36. The van der Waals surface area contributed by atoms with E-state index >= 15 is 0 Å². The number of nitrogens with one attached hydrogen (secondary N) is 1. The van der Waals surface area contributed by atoms with Gasteiger partial charge in [0.05, 0.1) is 11.1 Å². The number of carbonyl (C=O) groups is 1. The summed E-state index contributed by atoms with van der Waals surface area (Å²) < 4.78 is 1.24. The first-order chi connectivity index (χ1) is 13.7. The van der Waals surface area contributed by atoms with Crippen LogP contribution in [0.1, 0.15) is 15.9 Å². The fraction of sp³-hybridized carbons (Fsp3) is 0.0909. The lowest BCUT2D eigenvalue weighted by molar-refractivity contribution is 0.0954. The fourth-order valence-corrected chi connectivity index (χ4v) is 2.98. The van der Waals surface area contributed by atoms with Crippen LogP contribution in [0.4, 0.5) is 0 Å². The molecule has 0 saturated carbocycles. The molecule has 4 rings (SSSR count). The Balaban J connectivity index is 1.47. The van der Waals surface area contributed by atoms with Gasteiger partial charge in [-0.25, -0.2) is 0 Å². The monoisotopic (exact) mass is 370 g/mol. The molecule has 0 unspecified atom stereocenters. The number of rotatable bonds is 5. The molecule has 28 heavy (non-hydrogen) atoms. The Kier molecular flexibility index (Phi) is 4.93. The lowest BCUT2D eigenvalue weighted by Crippen LogP contribution is -2.26. The van der Waals surface area contributed by atoms with Crippen molar-refractivity contribution in [3.05, 3.63) is 100 Å². The molecule has 0 bridgehead atoms. The van der Waals surface area contributed by atoms with Crippen molar-refractivity contribution in [1.82, 2.24) is 20.3 Å². The van der Waals surface area contributed by atoms with Gasteiger partial charge >= 0.3 is 0 Å². The van der Waals surface area contributed by atoms with Gasteiger partial charge in [0.1, 0.15) is 5.52 Å². The number of hydrogen-bond donors (Lipinski definition) is 1. The van der Waals surface area contributed by atoms with Crippen LogP contribution in [0.5, 0.6) is 0 Å². The zero-order chi connectivity index (χ0) is 19.3. The van der Waals surface area contributed by atoms with Gasteiger partial charge in [-0.3, -0.25) is 9.59 Å². The Labute approximate surface area is 161 Å². The van der Waals surface area contributed by atoms with E-state index < -0.39 is 0 Å². The van der Waals surface area contributed by atoms with Gasteiger partial charge in [0.15, 0.2) is 0 Å². The van der Waals surface area contributed by atoms with Crippen molar-refractivity contribution in [3.63, 3.8) is 0 Å². The maximum atomic E-state index is 12.6. The molecular weight excluding hydrogens is 352 g/mol. The zero-order valence-electron chi connectivity index (χ0n) is 15.1. The first kappa shape index (κ1) is 17.6. The van der Waals surface area contributed by atoms with Gasteiger partial charge in [0.25, 0.3) is 11.5 Å². The lowest BCUT2D eigenvalue weighted by Gasteiger charge is -2.07. The maximum absolute atomic E-state index is 12.6. The van der Waals surface area contributed by atoms with Gasteiger partial charge in [0, 0.05) is 12.1 Å². The van der Waals surface area contributed by atoms with Crippen molar-refractivity contribution >= 4 is 16.8 Å². The Bertz CT molecular complexity index is 1170. The van der Waals surface area contributed by atoms with E-state index in [0.29, 0.717) is 28.7 Å². The third-order valence-electron chi connectivity index (χ3n) is 4.48. The number of amides is 1. The van der Waals surface area contributed by atoms with Crippen molar-refractivity contribution in [1.29, 1.82) is 0 Å². The molecule has 138 valence electrons. The van der Waals surface area contributed by atoms with E-state index in [1.54, 1.807) is 42.5 Å². The van der Waals surface area contributed by atoms with Crippen LogP contribution in [0.15, 0.2) is 83.7 Å². The molecule has 4 aromatic rings. The second kappa shape index (κ2) is 7.84. The molecule has 1 aromatic heterocycles. The molecule has 0 aliphatic heterocycles. The Morgan fingerprint density at radius 3 is 2.39 bits per heavy atom. The number of fused-ring (bicyclic) bond motifs is 1. The summed E-state index contributed by atoms with van der Waals surface area (Å²) in [5.41, 5.74) is 2.57. The van der Waals surface area contributed by atoms with Crippen LogP contribution in [0.3, 0.4) is 0 Å². The largest absolute Gasteiger partial charge is 0.352 e. The lowest BCUT2D eigenvalue weighted by atomic mass is 10.1. The minimum atomic E-state index is -0.245. The van der Waals surface area contributed by atoms with Gasteiger partial charge in [-0.05, 0) is 48.4 Å². The quantitative estimate of drug-likeness (QED) is 0.586. The summed E-state index contributed by atoms with van der Waals surface area (Å²) in [6.45, 7) is 0.556. The van der Waals surface area contributed by atoms with Crippen molar-refractivity contribution in [2.45, 2.75) is 6.42 Å². The molecule has 6 heteroatoms. The Morgan fingerprint density at radius 2 is 1.61 bits per heavy atom. The van der Waals surface area contributed by atoms with Crippen molar-refractivity contribution in [2.24, 2.45) is 0 Å². The summed E-state index contributed by atoms with van der Waals surface area (Å²) in [4.78, 5) is 24.9. The topological polar surface area (TPSA) is 76.9 Å². The summed E-state index contributed by atoms with van der Waals surface area (Å²) in [6.07, 6.45) is 0.771. The van der Waals surface area contributed by atoms with Crippen LogP contribution in [-0.4, -0.2) is 27.4 Å². The minimum Gasteiger partial charge on any atom is -0.352 e. The van der Waals surface area contributed by atoms with Crippen LogP contribution >= 0.6 is 0 Å². The molecule has 1 amide bonds. The predicted octanol–water partition coefficient (Wildman–Crippen LogP) is 2.75. The molecule has 0 saturated heterocycles. The van der Waals surface area contributed by atoms with Crippen molar-refractivity contribution < 1.29 is 4.79 Å². The van der Waals surface area contributed by atoms with Gasteiger partial charge < -0.3 is 5.32 Å². The van der Waals surface area contributed by atoms with Gasteiger partial charge in [0.2, 0.25) is 0 Å². The summed E-state index contributed by atoms with van der Waals surface area (Å²) in [5.74, 6) is -0.153. The maximum Gasteiger partial charge on any atom is 0.282 e. The van der Waals surface area contributed by atoms with E-state index in [-0.39, 0.29) is 11.5 Å². The molecule has 1 N–H and O–H groups in total. The Hall–Kier alpha value is -3.80. The number of aromatic nitrogens is 3. The third-order valence-corrected chi connectivity index (χ3v) is 4.48. The van der Waals surface area contributed by atoms with Crippen LogP contribution < -0.4 is 10.9 Å². The third kappa shape index (κ3) is 3.66. The van der Waals surface area contributed by atoms with Crippen molar-refractivity contribution in [2.75, 3.05) is 6.54 Å². The summed E-state index contributed by atoms with van der Waals surface area (Å²) in [7, 11) is 0. The summed E-state index contributed by atoms with van der Waals surface area (Å²) in [5, 5.41) is 11.5. The van der Waals surface area contributed by atoms with Gasteiger partial charge in [-0.2, -0.15) is 4.68 Å². The highest BCUT2D eigenvalue weighted by Gasteiger charge is 2.09. The smallest absolute Gasteiger partial charge is 0.282 e. The average molecular weight is 370 g/mol. The highest BCUT2D eigenvalue weighted by molar-refractivity contribution is 5.94. The zero-order valence-corrected chi connectivity index (χ0v) is 15.1. The van der Waals surface area contributed by atoms with Gasteiger partial charge in [-0.15, -0.1) is 5.10 Å². The van der Waals surface area contributed by atoms with Crippen LogP contribution in [0.25, 0.3) is 16.6 Å². The highest BCUT2D eigenvalue weighted by Crippen LogP contribution is 2.09. The first-order valence-corrected chi connectivity index (χ1v) is 9.00. The van der Waals surface area contributed by atoms with E-state index in [4.69, 9.17) is 0 Å². The van der Waals surface area contributed by atoms with Crippen LogP contribution in [0.2, 0.25) is 0 Å². The number of nitrogens with zero attached hydrogens (tertiary/aromatic N) is 3. The van der Waals surface area contributed by atoms with E-state index in [1.165, 1.54) is 10.2 Å². The predicted molar refractivity (Wildman–Crippen MR) is 108 cm³/mol. The summed E-state index contributed by atoms with van der Waals surface area (Å²) in [6, 6.07) is 23.8. The van der Waals surface area contributed by atoms with Gasteiger partial charge in [-0.1, -0.05) is 47.7 Å². The normalized spacial score (nSPS) is 10.7. The molecular formula is C22H18N4O2. The SMILES string of the molecule is O=C(NCCc1ccccc1)c1ccc(-n2nnc3ccccc3c2=O)cc1. The average Bonchev–Trinajstić information content (AvgIpc) is 2.75. The second-order valence-corrected chi connectivity index (χ2v) is 6.36. The standard InChI is InChI=1S/C22H18N4O2/c27-21(23-15-14-16-6-2-1-3-7-16)17-10-12-18(13-11-17)26-22(28)19-8-4-5-9-20(19)24-25-26/h1-13H,14-15H2,(H,23,27). The minimum absolute atomic E-state index is 0.153. The van der Waals surface area contributed by atoms with E-state index in [1.807, 2.05) is 36.4 Å². The first-order valence-electron chi connectivity index (χ1n) is 9.00. The van der Waals surface area contributed by atoms with Crippen LogP contribution in [-0.2, 0) is 6.42 Å². The number of carbonyl (C=O) groups excluding carboxylic acids is 1. The molecule has 3 aromatic carbocycles. The van der Waals surface area contributed by atoms with Crippen LogP contribution in [0, 0.1) is 0 Å². The molecule has 6 nitrogen and oxygen atoms in total. The van der Waals surface area contributed by atoms with E-state index in [0.717, 1.165) is 6.42 Å². The summed E-state index contributed by atoms with van der Waals surface area (Å²) >= 11 is 0. The molecule has 0 aliphatic carbocycles. The van der Waals surface area contributed by atoms with E-state index in [9.17, 15) is 9.59 Å². The number of hydrogen-bond acceptors (Lipinski definition) is 4. The molecule has 0 aliphatic rings. The highest BCUT2D eigenvalue weighted by atomic mass is 16.1. The molecule has 1 heterocycles.